The smallest absolute Gasteiger partial charge is 0.263 e. The Morgan fingerprint density at radius 2 is 2.18 bits per heavy atom. The molecule has 0 aliphatic carbocycles. The van der Waals surface area contributed by atoms with E-state index in [1.165, 1.54) is 0 Å². The van der Waals surface area contributed by atoms with Crippen molar-refractivity contribution in [3.8, 4) is 5.75 Å². The van der Waals surface area contributed by atoms with E-state index in [0.29, 0.717) is 30.3 Å². The molecule has 2 unspecified atom stereocenters. The summed E-state index contributed by atoms with van der Waals surface area (Å²) >= 11 is 6.11. The Bertz CT molecular complexity index is 533. The third kappa shape index (κ3) is 3.73. The highest BCUT2D eigenvalue weighted by atomic mass is 35.5. The van der Waals surface area contributed by atoms with Crippen molar-refractivity contribution in [3.63, 3.8) is 0 Å². The molecular formula is C17H25ClN2O2. The number of nitrogens with two attached hydrogens (primary N) is 1. The summed E-state index contributed by atoms with van der Waals surface area (Å²) in [6.45, 7) is 7.50. The Balaban J connectivity index is 2.08. The van der Waals surface area contributed by atoms with Crippen LogP contribution in [0.3, 0.4) is 0 Å². The Labute approximate surface area is 137 Å². The molecule has 2 atom stereocenters. The van der Waals surface area contributed by atoms with Crippen molar-refractivity contribution < 1.29 is 9.53 Å². The zero-order valence-corrected chi connectivity index (χ0v) is 14.3. The van der Waals surface area contributed by atoms with Gasteiger partial charge in [0.25, 0.3) is 5.91 Å². The molecule has 0 aromatic heterocycles. The number of halogens is 1. The number of carbonyl (C=O) groups excluding carboxylic acids is 1. The van der Waals surface area contributed by atoms with Gasteiger partial charge in [-0.1, -0.05) is 44.5 Å². The van der Waals surface area contributed by atoms with Gasteiger partial charge in [0.15, 0.2) is 6.10 Å². The van der Waals surface area contributed by atoms with Crippen LogP contribution in [0.4, 0.5) is 0 Å². The molecule has 5 heteroatoms. The Kier molecular flexibility index (Phi) is 5.35. The molecule has 1 saturated heterocycles. The Hall–Kier alpha value is -1.26. The molecule has 0 bridgehead atoms. The predicted octanol–water partition coefficient (Wildman–Crippen LogP) is 3.08. The van der Waals surface area contributed by atoms with Crippen molar-refractivity contribution in [2.75, 3.05) is 13.1 Å². The van der Waals surface area contributed by atoms with Gasteiger partial charge in [0.05, 0.1) is 5.02 Å². The van der Waals surface area contributed by atoms with Crippen LogP contribution in [0.1, 0.15) is 33.6 Å². The summed E-state index contributed by atoms with van der Waals surface area (Å²) in [5, 5.41) is 0.523. The van der Waals surface area contributed by atoms with Gasteiger partial charge in [-0.25, -0.2) is 0 Å². The van der Waals surface area contributed by atoms with Crippen LogP contribution in [-0.4, -0.2) is 36.0 Å². The summed E-state index contributed by atoms with van der Waals surface area (Å²) in [6.07, 6.45) is 0.916. The summed E-state index contributed by atoms with van der Waals surface area (Å²) in [6, 6.07) is 7.36. The highest BCUT2D eigenvalue weighted by Crippen LogP contribution is 2.29. The summed E-state index contributed by atoms with van der Waals surface area (Å²) in [7, 11) is 0. The van der Waals surface area contributed by atoms with Gasteiger partial charge in [-0.05, 0) is 30.4 Å². The summed E-state index contributed by atoms with van der Waals surface area (Å²) in [5.74, 6) is 0.569. The standard InChI is InChI=1S/C17H25ClN2O2/c1-4-13(22-14-8-6-5-7-12(14)18)16(21)20-10-9-15(19)17(2,3)11-20/h5-8,13,15H,4,9-11,19H2,1-3H3. The van der Waals surface area contributed by atoms with Gasteiger partial charge >= 0.3 is 0 Å². The van der Waals surface area contributed by atoms with E-state index in [-0.39, 0.29) is 17.4 Å². The first-order valence-electron chi connectivity index (χ1n) is 7.80. The molecule has 1 aromatic carbocycles. The van der Waals surface area contributed by atoms with Gasteiger partial charge in [-0.3, -0.25) is 4.79 Å². The average Bonchev–Trinajstić information content (AvgIpc) is 2.48. The zero-order chi connectivity index (χ0) is 16.3. The molecular weight excluding hydrogens is 300 g/mol. The van der Waals surface area contributed by atoms with Crippen LogP contribution < -0.4 is 10.5 Å². The lowest BCUT2D eigenvalue weighted by molar-refractivity contribution is -0.142. The van der Waals surface area contributed by atoms with Crippen LogP contribution >= 0.6 is 11.6 Å². The summed E-state index contributed by atoms with van der Waals surface area (Å²) < 4.78 is 5.85. The number of piperidine rings is 1. The minimum atomic E-state index is -0.509. The first kappa shape index (κ1) is 17.1. The average molecular weight is 325 g/mol. The number of benzene rings is 1. The first-order valence-corrected chi connectivity index (χ1v) is 8.18. The predicted molar refractivity (Wildman–Crippen MR) is 89.1 cm³/mol. The third-order valence-corrected chi connectivity index (χ3v) is 4.69. The maximum atomic E-state index is 12.8. The molecule has 22 heavy (non-hydrogen) atoms. The van der Waals surface area contributed by atoms with Crippen LogP contribution in [0.15, 0.2) is 24.3 Å². The van der Waals surface area contributed by atoms with Crippen molar-refractivity contribution in [3.05, 3.63) is 29.3 Å². The second-order valence-corrected chi connectivity index (χ2v) is 7.00. The SMILES string of the molecule is CCC(Oc1ccccc1Cl)C(=O)N1CCC(N)C(C)(C)C1. The lowest BCUT2D eigenvalue weighted by Gasteiger charge is -2.43. The number of ether oxygens (including phenoxy) is 1. The van der Waals surface area contributed by atoms with E-state index in [1.54, 1.807) is 12.1 Å². The molecule has 1 aliphatic rings. The van der Waals surface area contributed by atoms with Crippen molar-refractivity contribution in [1.29, 1.82) is 0 Å². The third-order valence-electron chi connectivity index (χ3n) is 4.38. The van der Waals surface area contributed by atoms with Crippen LogP contribution in [0, 0.1) is 5.41 Å². The van der Waals surface area contributed by atoms with Gasteiger partial charge < -0.3 is 15.4 Å². The van der Waals surface area contributed by atoms with Gasteiger partial charge in [-0.2, -0.15) is 0 Å². The highest BCUT2D eigenvalue weighted by molar-refractivity contribution is 6.32. The number of carbonyl (C=O) groups is 1. The van der Waals surface area contributed by atoms with E-state index in [4.69, 9.17) is 22.1 Å². The van der Waals surface area contributed by atoms with Crippen molar-refractivity contribution in [1.82, 2.24) is 4.90 Å². The lowest BCUT2D eigenvalue weighted by atomic mass is 9.79. The van der Waals surface area contributed by atoms with Crippen LogP contribution in [0.25, 0.3) is 0 Å². The zero-order valence-electron chi connectivity index (χ0n) is 13.5. The van der Waals surface area contributed by atoms with Crippen molar-refractivity contribution >= 4 is 17.5 Å². The van der Waals surface area contributed by atoms with Crippen LogP contribution in [0.5, 0.6) is 5.75 Å². The number of likely N-dealkylation sites (tertiary alicyclic amines) is 1. The molecule has 2 N–H and O–H groups in total. The molecule has 0 radical (unpaired) electrons. The number of hydrogen-bond acceptors (Lipinski definition) is 3. The maximum absolute atomic E-state index is 12.8. The van der Waals surface area contributed by atoms with E-state index in [9.17, 15) is 4.79 Å². The van der Waals surface area contributed by atoms with Crippen LogP contribution in [-0.2, 0) is 4.79 Å². The largest absolute Gasteiger partial charge is 0.479 e. The van der Waals surface area contributed by atoms with Crippen molar-refractivity contribution in [2.24, 2.45) is 11.1 Å². The fourth-order valence-electron chi connectivity index (χ4n) is 2.77. The van der Waals surface area contributed by atoms with Gasteiger partial charge in [-0.15, -0.1) is 0 Å². The number of nitrogens with zero attached hydrogens (tertiary/aromatic N) is 1. The molecule has 1 aliphatic heterocycles. The van der Waals surface area contributed by atoms with Gasteiger partial charge in [0, 0.05) is 19.1 Å². The molecule has 122 valence electrons. The van der Waals surface area contributed by atoms with E-state index < -0.39 is 6.10 Å². The van der Waals surface area contributed by atoms with E-state index >= 15 is 0 Å². The lowest BCUT2D eigenvalue weighted by Crippen LogP contribution is -2.56. The highest BCUT2D eigenvalue weighted by Gasteiger charge is 2.37. The molecule has 1 heterocycles. The quantitative estimate of drug-likeness (QED) is 0.926. The van der Waals surface area contributed by atoms with Gasteiger partial charge in [0.2, 0.25) is 0 Å². The number of para-hydroxylation sites is 1. The van der Waals surface area contributed by atoms with E-state index in [1.807, 2.05) is 24.0 Å². The Morgan fingerprint density at radius 3 is 2.77 bits per heavy atom. The Morgan fingerprint density at radius 1 is 1.50 bits per heavy atom. The molecule has 1 aromatic rings. The maximum Gasteiger partial charge on any atom is 0.263 e. The number of rotatable bonds is 4. The number of amides is 1. The summed E-state index contributed by atoms with van der Waals surface area (Å²) in [5.41, 5.74) is 6.07. The topological polar surface area (TPSA) is 55.6 Å². The van der Waals surface area contributed by atoms with E-state index in [0.717, 1.165) is 6.42 Å². The molecule has 0 spiro atoms. The normalized spacial score (nSPS) is 22.2. The number of hydrogen-bond donors (Lipinski definition) is 1. The molecule has 4 nitrogen and oxygen atoms in total. The first-order chi connectivity index (χ1) is 10.3. The second kappa shape index (κ2) is 6.88. The molecule has 0 saturated carbocycles. The van der Waals surface area contributed by atoms with Crippen molar-refractivity contribution in [2.45, 2.75) is 45.8 Å². The monoisotopic (exact) mass is 324 g/mol. The minimum absolute atomic E-state index is 0.0161. The van der Waals surface area contributed by atoms with Gasteiger partial charge in [0.1, 0.15) is 5.75 Å². The fraction of sp³-hybridized carbons (Fsp3) is 0.588. The molecule has 1 fully saturated rings. The summed E-state index contributed by atoms with van der Waals surface area (Å²) in [4.78, 5) is 14.6. The molecule has 1 amide bonds. The van der Waals surface area contributed by atoms with E-state index in [2.05, 4.69) is 13.8 Å². The molecule has 2 rings (SSSR count). The van der Waals surface area contributed by atoms with Crippen LogP contribution in [0.2, 0.25) is 5.02 Å². The fourth-order valence-corrected chi connectivity index (χ4v) is 2.95. The minimum Gasteiger partial charge on any atom is -0.479 e. The second-order valence-electron chi connectivity index (χ2n) is 6.59.